The predicted octanol–water partition coefficient (Wildman–Crippen LogP) is 17.6. The summed E-state index contributed by atoms with van der Waals surface area (Å²) in [7, 11) is 0. The molecule has 618 valence electrons. The van der Waals surface area contributed by atoms with Gasteiger partial charge in [-0.05, 0) is 256 Å². The van der Waals surface area contributed by atoms with Crippen LogP contribution in [-0.4, -0.2) is 137 Å². The molecule has 1 unspecified atom stereocenters. The maximum atomic E-state index is 13.6. The maximum Gasteiger partial charge on any atom is 0.223 e. The van der Waals surface area contributed by atoms with Crippen LogP contribution < -0.4 is 26.0 Å². The molecule has 0 saturated carbocycles. The summed E-state index contributed by atoms with van der Waals surface area (Å²) in [5.74, 6) is 1.61. The number of halogens is 4. The fourth-order valence-corrected chi connectivity index (χ4v) is 14.0. The Morgan fingerprint density at radius 2 is 0.730 bits per heavy atom. The fraction of sp³-hybridized carbons (Fsp3) is 0.213. The van der Waals surface area contributed by atoms with Crippen LogP contribution in [-0.2, 0) is 38.6 Å². The molecule has 0 radical (unpaired) electrons. The highest BCUT2D eigenvalue weighted by atomic mass is 19.1. The molecule has 5 aromatic carbocycles. The second-order valence-corrected chi connectivity index (χ2v) is 29.7. The van der Waals surface area contributed by atoms with Gasteiger partial charge in [0.05, 0.1) is 93.2 Å². The lowest BCUT2D eigenvalue weighted by Crippen LogP contribution is -2.29. The van der Waals surface area contributed by atoms with Gasteiger partial charge in [-0.1, -0.05) is 39.8 Å². The number of aryl methyl sites for hydroxylation is 4. The molecule has 18 rings (SSSR count). The molecule has 13 heterocycles. The molecule has 1 atom stereocenters. The molecule has 12 aromatic heterocycles. The quantitative estimate of drug-likeness (QED) is 0.0277. The van der Waals surface area contributed by atoms with Crippen LogP contribution in [0.5, 0.6) is 5.75 Å². The van der Waals surface area contributed by atoms with Gasteiger partial charge in [0.15, 0.2) is 0 Å². The minimum Gasteiger partial charge on any atom is -0.493 e. The lowest BCUT2D eigenvalue weighted by atomic mass is 10.1. The number of aliphatic hydroxyl groups excluding tert-OH is 2. The van der Waals surface area contributed by atoms with Gasteiger partial charge in [0.25, 0.3) is 0 Å². The van der Waals surface area contributed by atoms with Gasteiger partial charge >= 0.3 is 0 Å². The van der Waals surface area contributed by atoms with Crippen LogP contribution in [0.15, 0.2) is 238 Å². The van der Waals surface area contributed by atoms with E-state index in [0.29, 0.717) is 67.1 Å². The van der Waals surface area contributed by atoms with Crippen molar-refractivity contribution in [1.29, 1.82) is 0 Å². The van der Waals surface area contributed by atoms with E-state index in [1.54, 1.807) is 94.1 Å². The molecule has 0 bridgehead atoms. The van der Waals surface area contributed by atoms with Crippen LogP contribution in [0.1, 0.15) is 81.8 Å². The largest absolute Gasteiger partial charge is 0.493 e. The van der Waals surface area contributed by atoms with E-state index >= 15 is 0 Å². The zero-order chi connectivity index (χ0) is 85.0. The van der Waals surface area contributed by atoms with Crippen molar-refractivity contribution in [3.05, 3.63) is 294 Å². The Morgan fingerprint density at radius 1 is 0.402 bits per heavy atom. The van der Waals surface area contributed by atoms with Gasteiger partial charge < -0.3 is 41.3 Å². The van der Waals surface area contributed by atoms with E-state index in [9.17, 15) is 27.8 Å². The van der Waals surface area contributed by atoms with Crippen LogP contribution in [0.4, 0.5) is 41.4 Å². The molecule has 7 N–H and O–H groups in total. The van der Waals surface area contributed by atoms with E-state index in [1.807, 2.05) is 90.9 Å². The molecule has 0 aliphatic carbocycles. The summed E-state index contributed by atoms with van der Waals surface area (Å²) in [5, 5.41) is 40.9. The number of pyridine rings is 4. The minimum absolute atomic E-state index is 0.0101. The first-order valence-corrected chi connectivity index (χ1v) is 40.4. The maximum absolute atomic E-state index is 13.6. The summed E-state index contributed by atoms with van der Waals surface area (Å²) in [5.41, 5.74) is 21.7. The fourth-order valence-electron chi connectivity index (χ4n) is 14.0. The lowest BCUT2D eigenvalue weighted by Gasteiger charge is -2.17. The lowest BCUT2D eigenvalue weighted by molar-refractivity contribution is 0.0943. The molecule has 0 amide bonds. The van der Waals surface area contributed by atoms with Crippen molar-refractivity contribution in [3.8, 4) is 96.3 Å². The second-order valence-electron chi connectivity index (χ2n) is 29.7. The summed E-state index contributed by atoms with van der Waals surface area (Å²) in [6, 6.07) is 55.3. The van der Waals surface area contributed by atoms with Crippen molar-refractivity contribution in [2.75, 3.05) is 54.1 Å². The number of aliphatic hydroxyl groups is 3. The first kappa shape index (κ1) is 82.9. The molecule has 0 fully saturated rings. The summed E-state index contributed by atoms with van der Waals surface area (Å²) < 4.78 is 67.6. The molecule has 0 saturated heterocycles. The molecule has 122 heavy (non-hydrogen) atoms. The Morgan fingerprint density at radius 3 is 1.05 bits per heavy atom. The van der Waals surface area contributed by atoms with Crippen molar-refractivity contribution >= 4 is 46.4 Å². The number of benzene rings is 5. The number of hydrogen-bond acceptors (Lipinski definition) is 20. The number of hydrogen-bond donors (Lipinski definition) is 7. The summed E-state index contributed by atoms with van der Waals surface area (Å²) in [6.07, 6.45) is 18.8. The van der Waals surface area contributed by atoms with E-state index in [-0.39, 0.29) is 29.9 Å². The van der Waals surface area contributed by atoms with Gasteiger partial charge in [-0.15, -0.1) is 0 Å². The van der Waals surface area contributed by atoms with E-state index in [2.05, 4.69) is 126 Å². The third-order valence-corrected chi connectivity index (χ3v) is 20.3. The number of nitrogens with zero attached hydrogens (tertiary/aromatic N) is 16. The number of rotatable bonds is 24. The Bertz CT molecular complexity index is 6510. The average molecular weight is 1640 g/mol. The van der Waals surface area contributed by atoms with E-state index in [1.165, 1.54) is 76.3 Å². The number of anilines is 4. The van der Waals surface area contributed by atoms with Crippen LogP contribution in [0, 0.1) is 23.3 Å². The van der Waals surface area contributed by atoms with Crippen molar-refractivity contribution in [1.82, 2.24) is 77.4 Å². The van der Waals surface area contributed by atoms with Crippen molar-refractivity contribution < 1.29 is 37.6 Å². The van der Waals surface area contributed by atoms with Crippen molar-refractivity contribution in [3.63, 3.8) is 0 Å². The third kappa shape index (κ3) is 19.4. The Hall–Kier alpha value is -14.2. The molecule has 24 nitrogen and oxygen atoms in total. The van der Waals surface area contributed by atoms with Crippen LogP contribution >= 0.6 is 0 Å². The summed E-state index contributed by atoms with van der Waals surface area (Å²) in [4.78, 5) is 55.1. The van der Waals surface area contributed by atoms with Gasteiger partial charge in [0.2, 0.25) is 23.8 Å². The Labute approximate surface area is 701 Å². The van der Waals surface area contributed by atoms with E-state index in [0.717, 1.165) is 146 Å². The number of imidazole rings is 4. The second kappa shape index (κ2) is 37.4. The first-order valence-electron chi connectivity index (χ1n) is 40.4. The van der Waals surface area contributed by atoms with E-state index < -0.39 is 11.7 Å². The molecule has 1 aliphatic rings. The highest BCUT2D eigenvalue weighted by Gasteiger charge is 2.25. The zero-order valence-corrected chi connectivity index (χ0v) is 68.3. The van der Waals surface area contributed by atoms with Crippen molar-refractivity contribution in [2.24, 2.45) is 0 Å². The Balaban J connectivity index is 0.000000127. The van der Waals surface area contributed by atoms with Gasteiger partial charge in [0.1, 0.15) is 51.6 Å². The normalized spacial score (nSPS) is 12.0. The van der Waals surface area contributed by atoms with Crippen LogP contribution in [0.3, 0.4) is 0 Å². The molecule has 0 spiro atoms. The smallest absolute Gasteiger partial charge is 0.223 e. The van der Waals surface area contributed by atoms with Crippen LogP contribution in [0.2, 0.25) is 0 Å². The van der Waals surface area contributed by atoms with Gasteiger partial charge in [-0.25, -0.2) is 77.4 Å². The average Bonchev–Trinajstić information content (AvgIpc) is 1.63. The number of nitrogens with one attached hydrogen (secondary N) is 4. The molecular weight excluding hydrogens is 1550 g/mol. The van der Waals surface area contributed by atoms with E-state index in [4.69, 9.17) is 34.8 Å². The molecule has 1 aliphatic heterocycles. The topological polar surface area (TPSA) is 290 Å². The zero-order valence-electron chi connectivity index (χ0n) is 68.3. The highest BCUT2D eigenvalue weighted by Crippen LogP contribution is 2.38. The first-order chi connectivity index (χ1) is 59.2. The monoisotopic (exact) mass is 1640 g/mol. The highest BCUT2D eigenvalue weighted by molar-refractivity contribution is 5.85. The van der Waals surface area contributed by atoms with Gasteiger partial charge in [0, 0.05) is 104 Å². The van der Waals surface area contributed by atoms with Gasteiger partial charge in [-0.3, -0.25) is 17.6 Å². The standard InChI is InChI=1S/C28H24FN5O.C23H24FN5O.C22H22FN5O.C21H20FN5O/c1-2-18-10-13-34-25(16-18)33-26(20-4-6-22(29)7-5-20)27(34)23-9-12-30-28(32-23)31-17-19-3-8-24-21(15-19)11-14-35-24;1-4-15-10-12-29-19(13-15)28-20(16-5-7-17(24)8-6-16)21(29)18-9-11-25-22(27-18)26-14-23(2,3)30;1-3-15-9-11-28-19(12-15)27-20(16-4-6-17(23)7-5-16)21(28)18-8-10-24-22(26-18)25-13-14(2)29;1-2-14-8-11-27-18(13-14)26-19(15-3-5-16(22)6-4-15)20(27)17-7-9-23-21(25-17)24-10-12-28/h3-10,12-13,15-16H,2,11,14,17H2,1H3,(H,30,31,32);5-13,30H,4,14H2,1-3H3,(H,25,26,27);4-12,14,29H,3,13H2,1-2H3,(H,24,25,26);3-9,11,13,28H,2,10,12H2,1H3,(H,23,24,25). The SMILES string of the molecule is CCc1ccn2c(-c3ccnc(NCC(C)(C)O)n3)c(-c3ccc(F)cc3)nc2c1.CCc1ccn2c(-c3ccnc(NCC(C)O)n3)c(-c3ccc(F)cc3)nc2c1.CCc1ccn2c(-c3ccnc(NCCO)n3)c(-c3ccc(F)cc3)nc2c1.CCc1ccn2c(-c3ccnc(NCc4ccc5c(c4)CCO5)n3)c(-c3ccc(F)cc3)nc2c1. The van der Waals surface area contributed by atoms with Crippen molar-refractivity contribution in [2.45, 2.75) is 98.8 Å². The predicted molar refractivity (Wildman–Crippen MR) is 467 cm³/mol. The number of ether oxygens (including phenoxy) is 1. The third-order valence-electron chi connectivity index (χ3n) is 20.3. The summed E-state index contributed by atoms with van der Waals surface area (Å²) in [6.45, 7) is 15.9. The van der Waals surface area contributed by atoms with Crippen LogP contribution in [0.25, 0.3) is 113 Å². The van der Waals surface area contributed by atoms with Gasteiger partial charge in [-0.2, -0.15) is 0 Å². The Kier molecular flexibility index (Phi) is 25.4. The number of aromatic nitrogens is 16. The summed E-state index contributed by atoms with van der Waals surface area (Å²) >= 11 is 0. The minimum atomic E-state index is -0.890. The number of fused-ring (bicyclic) bond motifs is 5. The molecule has 28 heteroatoms. The molecule has 17 aromatic rings. The molecular formula is C94H90F4N20O4.